The number of thiophene rings is 1. The Labute approximate surface area is 145 Å². The van der Waals surface area contributed by atoms with E-state index in [-0.39, 0.29) is 0 Å². The highest BCUT2D eigenvalue weighted by Gasteiger charge is 2.18. The van der Waals surface area contributed by atoms with Crippen LogP contribution in [0.15, 0.2) is 36.0 Å². The van der Waals surface area contributed by atoms with Gasteiger partial charge in [-0.25, -0.2) is 9.97 Å². The number of aryl methyl sites for hydroxylation is 1. The predicted molar refractivity (Wildman–Crippen MR) is 99.4 cm³/mol. The number of ether oxygens (including phenoxy) is 1. The summed E-state index contributed by atoms with van der Waals surface area (Å²) in [6.07, 6.45) is 7.77. The van der Waals surface area contributed by atoms with Gasteiger partial charge in [-0.05, 0) is 55.2 Å². The van der Waals surface area contributed by atoms with E-state index in [2.05, 4.69) is 33.7 Å². The van der Waals surface area contributed by atoms with E-state index in [9.17, 15) is 0 Å². The lowest BCUT2D eigenvalue weighted by atomic mass is 10.2. The Balaban J connectivity index is 1.67. The van der Waals surface area contributed by atoms with Gasteiger partial charge in [0.2, 0.25) is 0 Å². The van der Waals surface area contributed by atoms with Crippen LogP contribution in [0.2, 0.25) is 0 Å². The Morgan fingerprint density at radius 2 is 2.04 bits per heavy atom. The van der Waals surface area contributed by atoms with E-state index in [1.165, 1.54) is 18.4 Å². The number of anilines is 2. The van der Waals surface area contributed by atoms with Crippen molar-refractivity contribution in [1.29, 1.82) is 0 Å². The normalized spacial score (nSPS) is 15.0. The van der Waals surface area contributed by atoms with Crippen molar-refractivity contribution in [3.05, 3.63) is 41.5 Å². The smallest absolute Gasteiger partial charge is 0.143 e. The van der Waals surface area contributed by atoms with Gasteiger partial charge in [-0.2, -0.15) is 0 Å². The van der Waals surface area contributed by atoms with Crippen molar-refractivity contribution in [3.8, 4) is 5.75 Å². The Hall–Kier alpha value is -2.14. The maximum absolute atomic E-state index is 6.23. The molecule has 2 heterocycles. The van der Waals surface area contributed by atoms with Gasteiger partial charge < -0.3 is 10.1 Å². The maximum Gasteiger partial charge on any atom is 0.143 e. The van der Waals surface area contributed by atoms with Gasteiger partial charge in [0.15, 0.2) is 0 Å². The fourth-order valence-corrected chi connectivity index (χ4v) is 4.27. The Kier molecular flexibility index (Phi) is 4.34. The highest BCUT2D eigenvalue weighted by Crippen LogP contribution is 2.35. The monoisotopic (exact) mass is 339 g/mol. The summed E-state index contributed by atoms with van der Waals surface area (Å²) < 4.78 is 6.23. The number of para-hydroxylation sites is 2. The largest absolute Gasteiger partial charge is 0.488 e. The number of nitrogens with zero attached hydrogens (tertiary/aromatic N) is 2. The number of fused-ring (bicyclic) bond motifs is 1. The van der Waals surface area contributed by atoms with Crippen LogP contribution in [-0.4, -0.2) is 16.1 Å². The molecule has 3 aromatic rings. The predicted octanol–water partition coefficient (Wildman–Crippen LogP) is 5.32. The van der Waals surface area contributed by atoms with Crippen LogP contribution in [0.5, 0.6) is 5.75 Å². The Morgan fingerprint density at radius 3 is 2.88 bits per heavy atom. The van der Waals surface area contributed by atoms with Gasteiger partial charge in [0.25, 0.3) is 0 Å². The fourth-order valence-electron chi connectivity index (χ4n) is 3.27. The van der Waals surface area contributed by atoms with Crippen molar-refractivity contribution in [2.45, 2.75) is 45.1 Å². The zero-order valence-corrected chi connectivity index (χ0v) is 14.6. The molecule has 24 heavy (non-hydrogen) atoms. The molecule has 2 aromatic heterocycles. The highest BCUT2D eigenvalue weighted by molar-refractivity contribution is 7.17. The zero-order chi connectivity index (χ0) is 16.4. The second-order valence-corrected chi connectivity index (χ2v) is 7.02. The fraction of sp³-hybridized carbons (Fsp3) is 0.368. The summed E-state index contributed by atoms with van der Waals surface area (Å²) in [6, 6.07) is 8.13. The summed E-state index contributed by atoms with van der Waals surface area (Å²) in [5.74, 6) is 1.77. The van der Waals surface area contributed by atoms with Crippen LogP contribution in [0.3, 0.4) is 0 Å². The summed E-state index contributed by atoms with van der Waals surface area (Å²) in [5.41, 5.74) is 2.25. The molecule has 1 N–H and O–H groups in total. The molecular weight excluding hydrogens is 318 g/mol. The number of benzene rings is 1. The van der Waals surface area contributed by atoms with Crippen LogP contribution in [0.25, 0.3) is 10.2 Å². The van der Waals surface area contributed by atoms with Gasteiger partial charge in [-0.15, -0.1) is 11.3 Å². The van der Waals surface area contributed by atoms with Crippen molar-refractivity contribution in [2.75, 3.05) is 5.32 Å². The van der Waals surface area contributed by atoms with Crippen molar-refractivity contribution in [2.24, 2.45) is 0 Å². The van der Waals surface area contributed by atoms with Crippen LogP contribution in [0, 0.1) is 0 Å². The minimum absolute atomic E-state index is 0.339. The van der Waals surface area contributed by atoms with Gasteiger partial charge in [-0.3, -0.25) is 0 Å². The molecule has 0 atom stereocenters. The molecule has 1 saturated carbocycles. The second-order valence-electron chi connectivity index (χ2n) is 6.16. The number of rotatable bonds is 5. The molecule has 1 aliphatic carbocycles. The molecule has 0 saturated heterocycles. The maximum atomic E-state index is 6.23. The summed E-state index contributed by atoms with van der Waals surface area (Å²) in [6.45, 7) is 2.16. The number of hydrogen-bond acceptors (Lipinski definition) is 5. The molecule has 1 fully saturated rings. The highest BCUT2D eigenvalue weighted by atomic mass is 32.1. The van der Waals surface area contributed by atoms with Gasteiger partial charge >= 0.3 is 0 Å². The van der Waals surface area contributed by atoms with Crippen LogP contribution < -0.4 is 10.1 Å². The first-order valence-electron chi connectivity index (χ1n) is 8.59. The van der Waals surface area contributed by atoms with E-state index >= 15 is 0 Å². The number of hydrogen-bond donors (Lipinski definition) is 1. The Bertz CT molecular complexity index is 839. The summed E-state index contributed by atoms with van der Waals surface area (Å²) in [4.78, 5) is 9.91. The number of aromatic nitrogens is 2. The lowest BCUT2D eigenvalue weighted by Crippen LogP contribution is -2.12. The van der Waals surface area contributed by atoms with Crippen LogP contribution in [0.1, 0.15) is 38.2 Å². The van der Waals surface area contributed by atoms with Crippen molar-refractivity contribution < 1.29 is 4.74 Å². The first kappa shape index (κ1) is 15.4. The average Bonchev–Trinajstić information content (AvgIpc) is 3.26. The van der Waals surface area contributed by atoms with Crippen molar-refractivity contribution in [1.82, 2.24) is 9.97 Å². The van der Waals surface area contributed by atoms with Gasteiger partial charge in [0, 0.05) is 0 Å². The van der Waals surface area contributed by atoms with Crippen LogP contribution in [0.4, 0.5) is 11.5 Å². The quantitative estimate of drug-likeness (QED) is 0.683. The molecule has 0 spiro atoms. The molecule has 0 bridgehead atoms. The summed E-state index contributed by atoms with van der Waals surface area (Å²) in [7, 11) is 0. The molecule has 4 rings (SSSR count). The molecule has 5 heteroatoms. The van der Waals surface area contributed by atoms with E-state index < -0.39 is 0 Å². The van der Waals surface area contributed by atoms with Gasteiger partial charge in [-0.1, -0.05) is 19.1 Å². The third-order valence-electron chi connectivity index (χ3n) is 4.56. The van der Waals surface area contributed by atoms with E-state index in [0.717, 1.165) is 46.7 Å². The van der Waals surface area contributed by atoms with Crippen molar-refractivity contribution in [3.63, 3.8) is 0 Å². The number of nitrogens with one attached hydrogen (secondary N) is 1. The first-order chi connectivity index (χ1) is 11.8. The third-order valence-corrected chi connectivity index (χ3v) is 5.50. The SMILES string of the molecule is CCc1csc2ncnc(Nc3ccccc3OC3CCCC3)c12. The lowest BCUT2D eigenvalue weighted by molar-refractivity contribution is 0.211. The minimum atomic E-state index is 0.339. The third kappa shape index (κ3) is 2.96. The van der Waals surface area contributed by atoms with Gasteiger partial charge in [0.05, 0.1) is 17.2 Å². The molecule has 0 aliphatic heterocycles. The summed E-state index contributed by atoms with van der Waals surface area (Å²) >= 11 is 1.67. The topological polar surface area (TPSA) is 47.0 Å². The average molecular weight is 339 g/mol. The standard InChI is InChI=1S/C19H21N3OS/c1-2-13-11-24-19-17(13)18(20-12-21-19)22-15-9-5-6-10-16(15)23-14-7-3-4-8-14/h5-6,9-12,14H,2-4,7-8H2,1H3,(H,20,21,22). The molecule has 0 unspecified atom stereocenters. The lowest BCUT2D eigenvalue weighted by Gasteiger charge is -2.17. The van der Waals surface area contributed by atoms with Crippen molar-refractivity contribution >= 4 is 33.1 Å². The molecule has 4 nitrogen and oxygen atoms in total. The Morgan fingerprint density at radius 1 is 1.21 bits per heavy atom. The van der Waals surface area contributed by atoms with E-state index in [4.69, 9.17) is 4.74 Å². The molecular formula is C19H21N3OS. The minimum Gasteiger partial charge on any atom is -0.488 e. The molecule has 1 aliphatic rings. The van der Waals surface area contributed by atoms with Gasteiger partial charge in [0.1, 0.15) is 22.7 Å². The van der Waals surface area contributed by atoms with E-state index in [0.29, 0.717) is 6.10 Å². The zero-order valence-electron chi connectivity index (χ0n) is 13.8. The molecule has 0 radical (unpaired) electrons. The first-order valence-corrected chi connectivity index (χ1v) is 9.47. The van der Waals surface area contributed by atoms with E-state index in [1.807, 2.05) is 18.2 Å². The molecule has 1 aromatic carbocycles. The van der Waals surface area contributed by atoms with Crippen LogP contribution in [-0.2, 0) is 6.42 Å². The molecule has 0 amide bonds. The summed E-state index contributed by atoms with van der Waals surface area (Å²) in [5, 5.41) is 6.78. The van der Waals surface area contributed by atoms with E-state index in [1.54, 1.807) is 17.7 Å². The second kappa shape index (κ2) is 6.77. The van der Waals surface area contributed by atoms with Crippen LogP contribution >= 0.6 is 11.3 Å². The molecule has 124 valence electrons.